The molecular formula is C22H22N4OS2. The van der Waals surface area contributed by atoms with Crippen LogP contribution in [0.2, 0.25) is 0 Å². The Kier molecular flexibility index (Phi) is 4.87. The van der Waals surface area contributed by atoms with Crippen molar-refractivity contribution in [1.82, 2.24) is 19.6 Å². The van der Waals surface area contributed by atoms with E-state index in [1.165, 1.54) is 40.4 Å². The average molecular weight is 423 g/mol. The Morgan fingerprint density at radius 1 is 1.17 bits per heavy atom. The van der Waals surface area contributed by atoms with Crippen LogP contribution in [-0.4, -0.2) is 31.1 Å². The zero-order chi connectivity index (χ0) is 20.0. The zero-order valence-corrected chi connectivity index (χ0v) is 18.2. The van der Waals surface area contributed by atoms with Crippen LogP contribution >= 0.6 is 23.1 Å². The summed E-state index contributed by atoms with van der Waals surface area (Å²) in [6, 6.07) is 7.72. The predicted octanol–water partition coefficient (Wildman–Crippen LogP) is 5.06. The minimum Gasteiger partial charge on any atom is -0.293 e. The summed E-state index contributed by atoms with van der Waals surface area (Å²) in [6.07, 6.45) is 5.52. The molecule has 1 aliphatic carbocycles. The number of aryl methyl sites for hydroxylation is 4. The summed E-state index contributed by atoms with van der Waals surface area (Å²) < 4.78 is 2.07. The Morgan fingerprint density at radius 3 is 2.76 bits per heavy atom. The second-order valence-corrected chi connectivity index (χ2v) is 9.52. The third-order valence-corrected chi connectivity index (χ3v) is 7.64. The van der Waals surface area contributed by atoms with Gasteiger partial charge in [0.1, 0.15) is 10.7 Å². The van der Waals surface area contributed by atoms with Gasteiger partial charge in [-0.1, -0.05) is 48.5 Å². The average Bonchev–Trinajstić information content (AvgIpc) is 3.32. The van der Waals surface area contributed by atoms with E-state index >= 15 is 0 Å². The fourth-order valence-electron chi connectivity index (χ4n) is 3.98. The second kappa shape index (κ2) is 7.54. The highest BCUT2D eigenvalue weighted by Gasteiger charge is 2.23. The first kappa shape index (κ1) is 18.8. The molecule has 0 bridgehead atoms. The van der Waals surface area contributed by atoms with Gasteiger partial charge < -0.3 is 0 Å². The van der Waals surface area contributed by atoms with Gasteiger partial charge in [-0.05, 0) is 38.2 Å². The van der Waals surface area contributed by atoms with E-state index < -0.39 is 0 Å². The fourth-order valence-corrected chi connectivity index (χ4v) is 6.10. The summed E-state index contributed by atoms with van der Waals surface area (Å²) in [5.74, 6) is 1.40. The van der Waals surface area contributed by atoms with E-state index in [0.717, 1.165) is 51.8 Å². The maximum absolute atomic E-state index is 12.6. The number of thioether (sulfide) groups is 1. The molecule has 0 unspecified atom stereocenters. The van der Waals surface area contributed by atoms with Crippen molar-refractivity contribution >= 4 is 44.7 Å². The molecule has 148 valence electrons. The van der Waals surface area contributed by atoms with Crippen molar-refractivity contribution in [2.45, 2.75) is 51.1 Å². The summed E-state index contributed by atoms with van der Waals surface area (Å²) >= 11 is 3.26. The van der Waals surface area contributed by atoms with Crippen LogP contribution in [0.25, 0.3) is 15.9 Å². The lowest BCUT2D eigenvalue weighted by atomic mass is 9.97. The molecule has 29 heavy (non-hydrogen) atoms. The van der Waals surface area contributed by atoms with Gasteiger partial charge >= 0.3 is 0 Å². The van der Waals surface area contributed by atoms with E-state index in [1.807, 2.05) is 42.5 Å². The van der Waals surface area contributed by atoms with Gasteiger partial charge in [0.15, 0.2) is 16.6 Å². The van der Waals surface area contributed by atoms with E-state index in [1.54, 1.807) is 0 Å². The number of hydrogen-bond donors (Lipinski definition) is 0. The van der Waals surface area contributed by atoms with Crippen molar-refractivity contribution in [3.8, 4) is 0 Å². The van der Waals surface area contributed by atoms with Crippen LogP contribution in [-0.2, 0) is 19.3 Å². The lowest BCUT2D eigenvalue weighted by Gasteiger charge is -2.11. The number of carbonyl (C=O) groups excluding carboxylic acids is 1. The normalized spacial score (nSPS) is 13.9. The molecule has 0 fully saturated rings. The molecule has 1 aliphatic rings. The second-order valence-electron chi connectivity index (χ2n) is 7.49. The Morgan fingerprint density at radius 2 is 1.97 bits per heavy atom. The summed E-state index contributed by atoms with van der Waals surface area (Å²) in [4.78, 5) is 20.1. The SMILES string of the molecule is CCc1nc2sc3c(c2c2nnc(SCC(=O)c4ccc(C)cc4)n12)CCCC3. The Bertz CT molecular complexity index is 1220. The lowest BCUT2D eigenvalue weighted by molar-refractivity contribution is 0.102. The number of Topliss-reactive ketones (excluding diaryl/α,β-unsaturated/α-hetero) is 1. The molecule has 0 radical (unpaired) electrons. The van der Waals surface area contributed by atoms with Gasteiger partial charge in [-0.2, -0.15) is 0 Å². The molecule has 3 heterocycles. The Hall–Kier alpha value is -2.25. The maximum atomic E-state index is 12.6. The zero-order valence-electron chi connectivity index (χ0n) is 16.6. The van der Waals surface area contributed by atoms with Crippen LogP contribution in [0.15, 0.2) is 29.4 Å². The van der Waals surface area contributed by atoms with Crippen LogP contribution < -0.4 is 0 Å². The molecule has 0 N–H and O–H groups in total. The molecule has 0 saturated heterocycles. The number of ketones is 1. The molecule has 4 aromatic rings. The molecule has 5 rings (SSSR count). The quantitative estimate of drug-likeness (QED) is 0.332. The largest absolute Gasteiger partial charge is 0.293 e. The van der Waals surface area contributed by atoms with Gasteiger partial charge in [0, 0.05) is 16.9 Å². The summed E-state index contributed by atoms with van der Waals surface area (Å²) in [5.41, 5.74) is 4.20. The Balaban J connectivity index is 1.53. The minimum absolute atomic E-state index is 0.103. The van der Waals surface area contributed by atoms with Crippen LogP contribution in [0, 0.1) is 6.92 Å². The van der Waals surface area contributed by atoms with Gasteiger partial charge in [0.2, 0.25) is 0 Å². The Labute approximate surface area is 177 Å². The molecule has 0 atom stereocenters. The minimum atomic E-state index is 0.103. The van der Waals surface area contributed by atoms with Crippen LogP contribution in [0.5, 0.6) is 0 Å². The number of benzene rings is 1. The first-order valence-electron chi connectivity index (χ1n) is 10.1. The first-order valence-corrected chi connectivity index (χ1v) is 11.9. The molecule has 7 heteroatoms. The van der Waals surface area contributed by atoms with Crippen molar-refractivity contribution in [3.63, 3.8) is 0 Å². The van der Waals surface area contributed by atoms with E-state index in [4.69, 9.17) is 4.98 Å². The molecular weight excluding hydrogens is 400 g/mol. The van der Waals surface area contributed by atoms with Crippen LogP contribution in [0.4, 0.5) is 0 Å². The highest BCUT2D eigenvalue weighted by molar-refractivity contribution is 7.99. The highest BCUT2D eigenvalue weighted by atomic mass is 32.2. The topological polar surface area (TPSA) is 60.2 Å². The molecule has 0 spiro atoms. The number of aromatic nitrogens is 4. The van der Waals surface area contributed by atoms with Crippen LogP contribution in [0.1, 0.15) is 52.0 Å². The summed E-state index contributed by atoms with van der Waals surface area (Å²) in [5, 5.41) is 10.9. The molecule has 0 amide bonds. The van der Waals surface area contributed by atoms with E-state index in [-0.39, 0.29) is 5.78 Å². The third-order valence-electron chi connectivity index (χ3n) is 5.52. The molecule has 0 aliphatic heterocycles. The van der Waals surface area contributed by atoms with Gasteiger partial charge in [0.25, 0.3) is 0 Å². The number of hydrogen-bond acceptors (Lipinski definition) is 6. The predicted molar refractivity (Wildman–Crippen MR) is 118 cm³/mol. The smallest absolute Gasteiger partial charge is 0.197 e. The van der Waals surface area contributed by atoms with Gasteiger partial charge in [0.05, 0.1) is 11.1 Å². The number of thiophene rings is 1. The van der Waals surface area contributed by atoms with Gasteiger partial charge in [-0.15, -0.1) is 21.5 Å². The molecule has 3 aromatic heterocycles. The molecule has 0 saturated carbocycles. The lowest BCUT2D eigenvalue weighted by Crippen LogP contribution is -2.05. The van der Waals surface area contributed by atoms with E-state index in [2.05, 4.69) is 21.5 Å². The van der Waals surface area contributed by atoms with Crippen molar-refractivity contribution < 1.29 is 4.79 Å². The number of nitrogens with zero attached hydrogens (tertiary/aromatic N) is 4. The van der Waals surface area contributed by atoms with Gasteiger partial charge in [-0.25, -0.2) is 4.98 Å². The summed E-state index contributed by atoms with van der Waals surface area (Å²) in [6.45, 7) is 4.13. The monoisotopic (exact) mass is 422 g/mol. The fraction of sp³-hybridized carbons (Fsp3) is 0.364. The highest BCUT2D eigenvalue weighted by Crippen LogP contribution is 2.38. The maximum Gasteiger partial charge on any atom is 0.197 e. The summed E-state index contributed by atoms with van der Waals surface area (Å²) in [7, 11) is 0. The van der Waals surface area contributed by atoms with Crippen LogP contribution in [0.3, 0.4) is 0 Å². The molecule has 1 aromatic carbocycles. The number of fused-ring (bicyclic) bond motifs is 5. The van der Waals surface area contributed by atoms with Crippen molar-refractivity contribution in [3.05, 3.63) is 51.7 Å². The van der Waals surface area contributed by atoms with Crippen molar-refractivity contribution in [2.75, 3.05) is 5.75 Å². The third kappa shape index (κ3) is 3.26. The van der Waals surface area contributed by atoms with Gasteiger partial charge in [-0.3, -0.25) is 9.20 Å². The van der Waals surface area contributed by atoms with Crippen molar-refractivity contribution in [2.24, 2.45) is 0 Å². The number of carbonyl (C=O) groups is 1. The van der Waals surface area contributed by atoms with E-state index in [0.29, 0.717) is 5.75 Å². The van der Waals surface area contributed by atoms with E-state index in [9.17, 15) is 4.79 Å². The van der Waals surface area contributed by atoms with Crippen molar-refractivity contribution in [1.29, 1.82) is 0 Å². The number of rotatable bonds is 5. The first-order chi connectivity index (χ1) is 14.2. The standard InChI is InChI=1S/C22H22N4OS2/c1-3-18-23-21-19(15-6-4-5-7-17(15)29-21)20-24-25-22(26(18)20)28-12-16(27)14-10-8-13(2)9-11-14/h8-11H,3-7,12H2,1-2H3. The molecule has 5 nitrogen and oxygen atoms in total.